The van der Waals surface area contributed by atoms with Crippen LogP contribution in [0, 0.1) is 5.41 Å². The summed E-state index contributed by atoms with van der Waals surface area (Å²) in [6, 6.07) is 4.47. The Bertz CT molecular complexity index is 381. The molecule has 0 atom stereocenters. The van der Waals surface area contributed by atoms with Gasteiger partial charge in [-0.15, -0.1) is 0 Å². The molecule has 0 bridgehead atoms. The van der Waals surface area contributed by atoms with Crippen LogP contribution < -0.4 is 0 Å². The summed E-state index contributed by atoms with van der Waals surface area (Å²) < 4.78 is 0. The van der Waals surface area contributed by atoms with Gasteiger partial charge in [0.05, 0.1) is 0 Å². The van der Waals surface area contributed by atoms with Crippen LogP contribution >= 0.6 is 0 Å². The summed E-state index contributed by atoms with van der Waals surface area (Å²) in [7, 11) is 0. The van der Waals surface area contributed by atoms with Crippen molar-refractivity contribution in [2.45, 2.75) is 58.8 Å². The maximum Gasteiger partial charge on any atom is 0.0473 e. The van der Waals surface area contributed by atoms with Crippen molar-refractivity contribution in [1.82, 2.24) is 4.98 Å². The van der Waals surface area contributed by atoms with Gasteiger partial charge in [-0.25, -0.2) is 0 Å². The molecule has 1 heterocycles. The zero-order valence-corrected chi connectivity index (χ0v) is 11.2. The van der Waals surface area contributed by atoms with Crippen LogP contribution in [0.25, 0.3) is 0 Å². The van der Waals surface area contributed by atoms with Crippen LogP contribution in [0.3, 0.4) is 0 Å². The van der Waals surface area contributed by atoms with Gasteiger partial charge in [0.25, 0.3) is 0 Å². The zero-order chi connectivity index (χ0) is 12.0. The van der Waals surface area contributed by atoms with Gasteiger partial charge in [0, 0.05) is 17.3 Å². The molecule has 1 aliphatic rings. The Balaban J connectivity index is 2.38. The molecular weight excluding hydrogens is 194 g/mol. The van der Waals surface area contributed by atoms with Gasteiger partial charge in [-0.1, -0.05) is 34.6 Å². The maximum atomic E-state index is 4.62. The molecule has 1 nitrogen and oxygen atoms in total. The van der Waals surface area contributed by atoms with Crippen LogP contribution in [0.1, 0.15) is 64.6 Å². The topological polar surface area (TPSA) is 12.9 Å². The van der Waals surface area contributed by atoms with Gasteiger partial charge in [-0.3, -0.25) is 4.98 Å². The molecule has 0 radical (unpaired) electrons. The Morgan fingerprint density at radius 3 is 2.31 bits per heavy atom. The first-order chi connectivity index (χ1) is 7.37. The van der Waals surface area contributed by atoms with Crippen LogP contribution in [0.2, 0.25) is 0 Å². The normalized spacial score (nSPS) is 18.9. The molecule has 16 heavy (non-hydrogen) atoms. The second-order valence-electron chi connectivity index (χ2n) is 6.46. The highest BCUT2D eigenvalue weighted by Crippen LogP contribution is 2.59. The summed E-state index contributed by atoms with van der Waals surface area (Å²) in [5, 5.41) is 0. The molecule has 0 spiro atoms. The van der Waals surface area contributed by atoms with E-state index in [0.717, 1.165) is 0 Å². The first-order valence-electron chi connectivity index (χ1n) is 6.33. The lowest BCUT2D eigenvalue weighted by molar-refractivity contribution is 0.293. The molecule has 2 rings (SSSR count). The summed E-state index contributed by atoms with van der Waals surface area (Å²) in [5.41, 5.74) is 3.40. The van der Waals surface area contributed by atoms with E-state index in [1.54, 1.807) is 0 Å². The standard InChI is InChI=1S/C15H23N/c1-11(2)12-6-9-16-13(10-12)15(7-8-15)14(3,4)5/h6,9-11H,7-8H2,1-5H3. The largest absolute Gasteiger partial charge is 0.261 e. The summed E-state index contributed by atoms with van der Waals surface area (Å²) in [6.45, 7) is 11.5. The SMILES string of the molecule is CC(C)c1ccnc(C2(C(C)(C)C)CC2)c1. The average molecular weight is 217 g/mol. The van der Waals surface area contributed by atoms with E-state index in [1.807, 2.05) is 6.20 Å². The van der Waals surface area contributed by atoms with E-state index in [-0.39, 0.29) is 0 Å². The van der Waals surface area contributed by atoms with E-state index in [1.165, 1.54) is 24.1 Å². The molecule has 0 unspecified atom stereocenters. The summed E-state index contributed by atoms with van der Waals surface area (Å²) in [5.74, 6) is 0.595. The van der Waals surface area contributed by atoms with Crippen LogP contribution in [0.15, 0.2) is 18.3 Å². The molecule has 1 heteroatoms. The predicted molar refractivity (Wildman–Crippen MR) is 68.7 cm³/mol. The Kier molecular flexibility index (Phi) is 2.60. The van der Waals surface area contributed by atoms with Crippen molar-refractivity contribution >= 4 is 0 Å². The summed E-state index contributed by atoms with van der Waals surface area (Å²) in [4.78, 5) is 4.62. The van der Waals surface area contributed by atoms with Crippen LogP contribution in [-0.4, -0.2) is 4.98 Å². The molecular formula is C15H23N. The summed E-state index contributed by atoms with van der Waals surface area (Å²) >= 11 is 0. The van der Waals surface area contributed by atoms with E-state index >= 15 is 0 Å². The van der Waals surface area contributed by atoms with Crippen molar-refractivity contribution in [3.63, 3.8) is 0 Å². The number of nitrogens with zero attached hydrogens (tertiary/aromatic N) is 1. The minimum absolute atomic E-state index is 0.329. The van der Waals surface area contributed by atoms with E-state index in [9.17, 15) is 0 Å². The smallest absolute Gasteiger partial charge is 0.0473 e. The molecule has 1 aromatic rings. The Labute approximate surface area is 99.3 Å². The first-order valence-corrected chi connectivity index (χ1v) is 6.33. The molecule has 1 saturated carbocycles. The quantitative estimate of drug-likeness (QED) is 0.720. The zero-order valence-electron chi connectivity index (χ0n) is 11.2. The van der Waals surface area contributed by atoms with Crippen molar-refractivity contribution in [3.05, 3.63) is 29.6 Å². The number of pyridine rings is 1. The van der Waals surface area contributed by atoms with Crippen LogP contribution in [-0.2, 0) is 5.41 Å². The van der Waals surface area contributed by atoms with E-state index in [4.69, 9.17) is 0 Å². The van der Waals surface area contributed by atoms with Gasteiger partial charge in [0.1, 0.15) is 0 Å². The van der Waals surface area contributed by atoms with Gasteiger partial charge in [0.15, 0.2) is 0 Å². The second kappa shape index (κ2) is 3.58. The lowest BCUT2D eigenvalue weighted by atomic mass is 9.75. The molecule has 88 valence electrons. The first kappa shape index (κ1) is 11.6. The van der Waals surface area contributed by atoms with E-state index in [2.05, 4.69) is 51.7 Å². The Morgan fingerprint density at radius 1 is 1.25 bits per heavy atom. The maximum absolute atomic E-state index is 4.62. The molecule has 1 aromatic heterocycles. The minimum Gasteiger partial charge on any atom is -0.261 e. The number of hydrogen-bond acceptors (Lipinski definition) is 1. The van der Waals surface area contributed by atoms with Crippen molar-refractivity contribution in [3.8, 4) is 0 Å². The fourth-order valence-corrected chi connectivity index (χ4v) is 2.58. The summed E-state index contributed by atoms with van der Waals surface area (Å²) in [6.07, 6.45) is 4.58. The number of rotatable bonds is 2. The van der Waals surface area contributed by atoms with Gasteiger partial charge in [-0.05, 0) is 41.9 Å². The van der Waals surface area contributed by atoms with Gasteiger partial charge in [-0.2, -0.15) is 0 Å². The number of hydrogen-bond donors (Lipinski definition) is 0. The Hall–Kier alpha value is -0.850. The molecule has 0 N–H and O–H groups in total. The van der Waals surface area contributed by atoms with Gasteiger partial charge < -0.3 is 0 Å². The van der Waals surface area contributed by atoms with Crippen molar-refractivity contribution in [2.75, 3.05) is 0 Å². The highest BCUT2D eigenvalue weighted by Gasteiger charge is 2.54. The third-order valence-corrected chi connectivity index (χ3v) is 4.13. The average Bonchev–Trinajstić information content (AvgIpc) is 2.97. The fourth-order valence-electron chi connectivity index (χ4n) is 2.58. The highest BCUT2D eigenvalue weighted by atomic mass is 14.8. The molecule has 1 aliphatic carbocycles. The highest BCUT2D eigenvalue weighted by molar-refractivity contribution is 5.32. The van der Waals surface area contributed by atoms with Gasteiger partial charge >= 0.3 is 0 Å². The third kappa shape index (κ3) is 1.77. The third-order valence-electron chi connectivity index (χ3n) is 4.13. The monoisotopic (exact) mass is 217 g/mol. The van der Waals surface area contributed by atoms with Crippen molar-refractivity contribution in [2.24, 2.45) is 5.41 Å². The van der Waals surface area contributed by atoms with Crippen LogP contribution in [0.5, 0.6) is 0 Å². The lowest BCUT2D eigenvalue weighted by Gasteiger charge is -2.30. The minimum atomic E-state index is 0.329. The van der Waals surface area contributed by atoms with Crippen molar-refractivity contribution in [1.29, 1.82) is 0 Å². The van der Waals surface area contributed by atoms with Crippen LogP contribution in [0.4, 0.5) is 0 Å². The molecule has 0 amide bonds. The molecule has 0 saturated heterocycles. The van der Waals surface area contributed by atoms with Gasteiger partial charge in [0.2, 0.25) is 0 Å². The molecule has 0 aliphatic heterocycles. The second-order valence-corrected chi connectivity index (χ2v) is 6.46. The van der Waals surface area contributed by atoms with E-state index < -0.39 is 0 Å². The van der Waals surface area contributed by atoms with E-state index in [0.29, 0.717) is 16.7 Å². The molecule has 0 aromatic carbocycles. The number of aromatic nitrogens is 1. The Morgan fingerprint density at radius 2 is 1.88 bits per heavy atom. The molecule has 1 fully saturated rings. The van der Waals surface area contributed by atoms with Crippen molar-refractivity contribution < 1.29 is 0 Å². The predicted octanol–water partition coefficient (Wildman–Crippen LogP) is 4.28. The fraction of sp³-hybridized carbons (Fsp3) is 0.667. The lowest BCUT2D eigenvalue weighted by Crippen LogP contribution is -2.27.